The maximum Gasteiger partial charge on any atom is 0.122 e. The Labute approximate surface area is 132 Å². The molecule has 1 aliphatic rings. The van der Waals surface area contributed by atoms with Gasteiger partial charge in [-0.25, -0.2) is 4.98 Å². The van der Waals surface area contributed by atoms with E-state index in [1.807, 2.05) is 19.4 Å². The third kappa shape index (κ3) is 3.23. The van der Waals surface area contributed by atoms with Gasteiger partial charge in [0.1, 0.15) is 5.82 Å². The van der Waals surface area contributed by atoms with E-state index < -0.39 is 0 Å². The van der Waals surface area contributed by atoms with Crippen LogP contribution in [0.25, 0.3) is 0 Å². The molecule has 0 radical (unpaired) electrons. The Morgan fingerprint density at radius 3 is 3.00 bits per heavy atom. The fourth-order valence-corrected chi connectivity index (χ4v) is 3.46. The number of imidazole rings is 1. The zero-order valence-electron chi connectivity index (χ0n) is 13.3. The van der Waals surface area contributed by atoms with Gasteiger partial charge in [-0.15, -0.1) is 0 Å². The lowest BCUT2D eigenvalue weighted by Crippen LogP contribution is -2.33. The van der Waals surface area contributed by atoms with Crippen LogP contribution in [0.1, 0.15) is 42.3 Å². The van der Waals surface area contributed by atoms with Gasteiger partial charge < -0.3 is 9.67 Å². The molecule has 2 aromatic rings. The van der Waals surface area contributed by atoms with Crippen LogP contribution >= 0.6 is 0 Å². The van der Waals surface area contributed by atoms with Crippen LogP contribution in [-0.2, 0) is 20.0 Å². The molecule has 0 fully saturated rings. The van der Waals surface area contributed by atoms with Gasteiger partial charge >= 0.3 is 0 Å². The molecule has 0 aliphatic heterocycles. The predicted octanol–water partition coefficient (Wildman–Crippen LogP) is 2.68. The third-order valence-corrected chi connectivity index (χ3v) is 4.65. The van der Waals surface area contributed by atoms with Crippen molar-refractivity contribution in [1.82, 2.24) is 14.5 Å². The molecule has 0 spiro atoms. The number of hydrogen-bond acceptors (Lipinski definition) is 3. The van der Waals surface area contributed by atoms with Crippen LogP contribution in [0.5, 0.6) is 0 Å². The molecule has 1 heterocycles. The van der Waals surface area contributed by atoms with E-state index in [4.69, 9.17) is 0 Å². The molecule has 118 valence electrons. The molecule has 4 heteroatoms. The molecule has 3 rings (SSSR count). The van der Waals surface area contributed by atoms with Gasteiger partial charge in [-0.3, -0.25) is 4.90 Å². The van der Waals surface area contributed by atoms with E-state index in [2.05, 4.69) is 38.7 Å². The van der Waals surface area contributed by atoms with Crippen molar-refractivity contribution in [2.45, 2.75) is 38.3 Å². The molecule has 1 aromatic heterocycles. The first-order valence-corrected chi connectivity index (χ1v) is 8.18. The number of benzene rings is 1. The minimum Gasteiger partial charge on any atom is -0.396 e. The molecule has 4 nitrogen and oxygen atoms in total. The lowest BCUT2D eigenvalue weighted by atomic mass is 9.86. The highest BCUT2D eigenvalue weighted by molar-refractivity contribution is 5.32. The summed E-state index contributed by atoms with van der Waals surface area (Å²) in [6.45, 7) is 1.98. The van der Waals surface area contributed by atoms with Gasteiger partial charge in [-0.2, -0.15) is 0 Å². The number of rotatable bonds is 6. The first kappa shape index (κ1) is 15.3. The van der Waals surface area contributed by atoms with Crippen LogP contribution in [0.3, 0.4) is 0 Å². The second-order valence-electron chi connectivity index (χ2n) is 6.11. The highest BCUT2D eigenvalue weighted by Gasteiger charge is 2.26. The number of fused-ring (bicyclic) bond motifs is 1. The van der Waals surface area contributed by atoms with Crippen molar-refractivity contribution >= 4 is 0 Å². The second kappa shape index (κ2) is 7.07. The summed E-state index contributed by atoms with van der Waals surface area (Å²) in [6, 6.07) is 9.24. The minimum absolute atomic E-state index is 0.242. The highest BCUT2D eigenvalue weighted by atomic mass is 16.3. The Morgan fingerprint density at radius 1 is 1.36 bits per heavy atom. The zero-order valence-corrected chi connectivity index (χ0v) is 13.3. The van der Waals surface area contributed by atoms with E-state index in [0.29, 0.717) is 6.04 Å². The maximum atomic E-state index is 9.24. The minimum atomic E-state index is 0.242. The first-order valence-electron chi connectivity index (χ1n) is 8.18. The van der Waals surface area contributed by atoms with Crippen molar-refractivity contribution in [3.63, 3.8) is 0 Å². The summed E-state index contributed by atoms with van der Waals surface area (Å²) in [5.74, 6) is 1.08. The first-order chi connectivity index (χ1) is 10.8. The smallest absolute Gasteiger partial charge is 0.122 e. The average Bonchev–Trinajstić information content (AvgIpc) is 2.96. The molecule has 0 saturated carbocycles. The molecule has 0 bridgehead atoms. The van der Waals surface area contributed by atoms with E-state index in [0.717, 1.165) is 25.3 Å². The third-order valence-electron chi connectivity index (χ3n) is 4.65. The van der Waals surface area contributed by atoms with Crippen molar-refractivity contribution < 1.29 is 5.11 Å². The van der Waals surface area contributed by atoms with Crippen LogP contribution in [0.4, 0.5) is 0 Å². The molecule has 0 unspecified atom stereocenters. The maximum absolute atomic E-state index is 9.24. The molecular formula is C18H25N3O. The Hall–Kier alpha value is -1.65. The summed E-state index contributed by atoms with van der Waals surface area (Å²) in [6.07, 6.45) is 8.26. The number of aromatic nitrogens is 2. The largest absolute Gasteiger partial charge is 0.396 e. The van der Waals surface area contributed by atoms with E-state index in [-0.39, 0.29) is 6.61 Å². The topological polar surface area (TPSA) is 41.3 Å². The standard InChI is InChI=1S/C18H25N3O/c1-20-12-10-19-18(20)14-21(11-5-13-22)17-9-4-7-15-6-2-3-8-16(15)17/h2-3,6,8,10,12,17,22H,4-5,7,9,11,13-14H2,1H3/t17-/m1/s1. The molecule has 0 amide bonds. The van der Waals surface area contributed by atoms with E-state index in [9.17, 15) is 5.11 Å². The lowest BCUT2D eigenvalue weighted by molar-refractivity contribution is 0.147. The Bertz CT molecular complexity index is 608. The summed E-state index contributed by atoms with van der Waals surface area (Å²) >= 11 is 0. The summed E-state index contributed by atoms with van der Waals surface area (Å²) in [7, 11) is 2.04. The zero-order chi connectivity index (χ0) is 15.4. The van der Waals surface area contributed by atoms with E-state index in [1.165, 1.54) is 30.4 Å². The molecule has 22 heavy (non-hydrogen) atoms. The second-order valence-corrected chi connectivity index (χ2v) is 6.11. The predicted molar refractivity (Wildman–Crippen MR) is 87.4 cm³/mol. The van der Waals surface area contributed by atoms with Crippen LogP contribution in [-0.4, -0.2) is 32.7 Å². The Kier molecular flexibility index (Phi) is 4.90. The number of nitrogens with zero attached hydrogens (tertiary/aromatic N) is 3. The van der Waals surface area contributed by atoms with Gasteiger partial charge in [-0.05, 0) is 36.8 Å². The normalized spacial score (nSPS) is 17.7. The van der Waals surface area contributed by atoms with Gasteiger partial charge in [0.25, 0.3) is 0 Å². The summed E-state index contributed by atoms with van der Waals surface area (Å²) < 4.78 is 2.08. The number of hydrogen-bond donors (Lipinski definition) is 1. The van der Waals surface area contributed by atoms with Crippen molar-refractivity contribution in [1.29, 1.82) is 0 Å². The van der Waals surface area contributed by atoms with E-state index in [1.54, 1.807) is 0 Å². The Balaban J connectivity index is 1.84. The van der Waals surface area contributed by atoms with Crippen LogP contribution in [0.15, 0.2) is 36.7 Å². The fraction of sp³-hybridized carbons (Fsp3) is 0.500. The van der Waals surface area contributed by atoms with Crippen molar-refractivity contribution in [3.05, 3.63) is 53.6 Å². The molecule has 1 aliphatic carbocycles. The van der Waals surface area contributed by atoms with Gasteiger partial charge in [-0.1, -0.05) is 24.3 Å². The monoisotopic (exact) mass is 299 g/mol. The fourth-order valence-electron chi connectivity index (χ4n) is 3.46. The lowest BCUT2D eigenvalue weighted by Gasteiger charge is -2.35. The molecular weight excluding hydrogens is 274 g/mol. The SMILES string of the molecule is Cn1ccnc1CN(CCCO)[C@@H]1CCCc2ccccc21. The summed E-state index contributed by atoms with van der Waals surface area (Å²) in [5, 5.41) is 9.24. The number of aliphatic hydroxyl groups is 1. The molecule has 1 aromatic carbocycles. The Morgan fingerprint density at radius 2 is 2.23 bits per heavy atom. The van der Waals surface area contributed by atoms with Crippen LogP contribution < -0.4 is 0 Å². The van der Waals surface area contributed by atoms with Crippen LogP contribution in [0, 0.1) is 0 Å². The van der Waals surface area contributed by atoms with Gasteiger partial charge in [0.05, 0.1) is 6.54 Å². The molecule has 1 atom stereocenters. The number of aryl methyl sites for hydroxylation is 2. The average molecular weight is 299 g/mol. The van der Waals surface area contributed by atoms with E-state index >= 15 is 0 Å². The molecule has 1 N–H and O–H groups in total. The summed E-state index contributed by atoms with van der Waals surface area (Å²) in [4.78, 5) is 6.96. The van der Waals surface area contributed by atoms with Gasteiger partial charge in [0.2, 0.25) is 0 Å². The quantitative estimate of drug-likeness (QED) is 0.891. The van der Waals surface area contributed by atoms with Crippen molar-refractivity contribution in [2.24, 2.45) is 7.05 Å². The molecule has 0 saturated heterocycles. The number of aliphatic hydroxyl groups excluding tert-OH is 1. The van der Waals surface area contributed by atoms with Crippen LogP contribution in [0.2, 0.25) is 0 Å². The van der Waals surface area contributed by atoms with Gasteiger partial charge in [0, 0.05) is 38.6 Å². The van der Waals surface area contributed by atoms with Gasteiger partial charge in [0.15, 0.2) is 0 Å². The highest BCUT2D eigenvalue weighted by Crippen LogP contribution is 2.34. The van der Waals surface area contributed by atoms with Crippen molar-refractivity contribution in [2.75, 3.05) is 13.2 Å². The summed E-state index contributed by atoms with van der Waals surface area (Å²) in [5.41, 5.74) is 2.94. The van der Waals surface area contributed by atoms with Crippen molar-refractivity contribution in [3.8, 4) is 0 Å².